The SMILES string of the molecule is CCCNC(=O)[C@@H]1[C@@H]2CC(C)C3(S2)C(C(=O)Nc2ccc4ccccc4c2)N(CCCCCCO)C(=O)[C@H]13. The molecule has 1 spiro atoms. The molecule has 3 amide bonds. The maximum Gasteiger partial charge on any atom is 0.248 e. The fourth-order valence-electron chi connectivity index (χ4n) is 6.95. The summed E-state index contributed by atoms with van der Waals surface area (Å²) in [5.41, 5.74) is 0.714. The van der Waals surface area contributed by atoms with Gasteiger partial charge in [0.2, 0.25) is 17.7 Å². The van der Waals surface area contributed by atoms with Crippen LogP contribution < -0.4 is 10.6 Å². The number of rotatable bonds is 11. The quantitative estimate of drug-likeness (QED) is 0.373. The predicted molar refractivity (Wildman–Crippen MR) is 152 cm³/mol. The Bertz CT molecular complexity index is 1200. The van der Waals surface area contributed by atoms with E-state index in [9.17, 15) is 14.4 Å². The number of nitrogens with zero attached hydrogens (tertiary/aromatic N) is 1. The van der Waals surface area contributed by atoms with Gasteiger partial charge in [0.1, 0.15) is 6.04 Å². The Morgan fingerprint density at radius 2 is 1.84 bits per heavy atom. The van der Waals surface area contributed by atoms with Gasteiger partial charge in [-0.3, -0.25) is 14.4 Å². The maximum atomic E-state index is 14.1. The number of benzene rings is 2. The summed E-state index contributed by atoms with van der Waals surface area (Å²) in [5, 5.41) is 17.5. The molecule has 7 nitrogen and oxygen atoms in total. The predicted octanol–water partition coefficient (Wildman–Crippen LogP) is 4.19. The Balaban J connectivity index is 1.45. The molecule has 3 N–H and O–H groups in total. The minimum Gasteiger partial charge on any atom is -0.396 e. The van der Waals surface area contributed by atoms with Crippen LogP contribution >= 0.6 is 11.8 Å². The van der Waals surface area contributed by atoms with E-state index >= 15 is 0 Å². The number of aliphatic hydroxyl groups is 1. The number of carbonyl (C=O) groups is 3. The van der Waals surface area contributed by atoms with Crippen LogP contribution in [0, 0.1) is 17.8 Å². The fourth-order valence-corrected chi connectivity index (χ4v) is 9.37. The molecule has 6 atom stereocenters. The first-order valence-electron chi connectivity index (χ1n) is 14.1. The van der Waals surface area contributed by atoms with Gasteiger partial charge in [-0.15, -0.1) is 11.8 Å². The third kappa shape index (κ3) is 4.60. The van der Waals surface area contributed by atoms with Crippen molar-refractivity contribution in [2.75, 3.05) is 25.0 Å². The summed E-state index contributed by atoms with van der Waals surface area (Å²) in [6.45, 7) is 5.41. The van der Waals surface area contributed by atoms with E-state index < -0.39 is 22.6 Å². The van der Waals surface area contributed by atoms with Crippen molar-refractivity contribution in [3.8, 4) is 0 Å². The molecule has 3 aliphatic heterocycles. The van der Waals surface area contributed by atoms with E-state index in [-0.39, 0.29) is 35.5 Å². The van der Waals surface area contributed by atoms with Crippen LogP contribution in [-0.4, -0.2) is 63.5 Å². The molecule has 0 aromatic heterocycles. The Kier molecular flexibility index (Phi) is 8.00. The van der Waals surface area contributed by atoms with Gasteiger partial charge in [0.25, 0.3) is 0 Å². The average molecular weight is 538 g/mol. The zero-order chi connectivity index (χ0) is 26.9. The Morgan fingerprint density at radius 1 is 1.08 bits per heavy atom. The number of thioether (sulfide) groups is 1. The molecule has 2 aromatic carbocycles. The summed E-state index contributed by atoms with van der Waals surface area (Å²) in [7, 11) is 0. The lowest BCUT2D eigenvalue weighted by atomic mass is 9.66. The molecule has 0 aliphatic carbocycles. The van der Waals surface area contributed by atoms with Gasteiger partial charge in [0.15, 0.2) is 0 Å². The number of nitrogens with one attached hydrogen (secondary N) is 2. The molecule has 3 heterocycles. The van der Waals surface area contributed by atoms with Gasteiger partial charge in [-0.2, -0.15) is 0 Å². The summed E-state index contributed by atoms with van der Waals surface area (Å²) < 4.78 is -0.609. The largest absolute Gasteiger partial charge is 0.396 e. The summed E-state index contributed by atoms with van der Waals surface area (Å²) in [5.74, 6) is -0.998. The number of aliphatic hydroxyl groups excluding tert-OH is 1. The molecule has 3 saturated heterocycles. The Hall–Kier alpha value is -2.58. The number of hydrogen-bond acceptors (Lipinski definition) is 5. The fraction of sp³-hybridized carbons (Fsp3) is 0.567. The van der Waals surface area contributed by atoms with Crippen molar-refractivity contribution in [2.24, 2.45) is 17.8 Å². The van der Waals surface area contributed by atoms with Gasteiger partial charge in [0.05, 0.1) is 16.6 Å². The van der Waals surface area contributed by atoms with Crippen LogP contribution in [0.4, 0.5) is 5.69 Å². The van der Waals surface area contributed by atoms with E-state index in [1.807, 2.05) is 49.4 Å². The van der Waals surface area contributed by atoms with Gasteiger partial charge >= 0.3 is 0 Å². The van der Waals surface area contributed by atoms with E-state index in [2.05, 4.69) is 17.6 Å². The highest BCUT2D eigenvalue weighted by atomic mass is 32.2. The normalized spacial score (nSPS) is 29.6. The second-order valence-electron chi connectivity index (χ2n) is 11.1. The van der Waals surface area contributed by atoms with Crippen LogP contribution in [0.3, 0.4) is 0 Å². The highest BCUT2D eigenvalue weighted by Gasteiger charge is 2.75. The minimum absolute atomic E-state index is 0.0463. The molecule has 8 heteroatoms. The molecule has 204 valence electrons. The van der Waals surface area contributed by atoms with Gasteiger partial charge in [-0.25, -0.2) is 0 Å². The van der Waals surface area contributed by atoms with Gasteiger partial charge in [-0.05, 0) is 54.5 Å². The summed E-state index contributed by atoms with van der Waals surface area (Å²) in [6.07, 6.45) is 4.95. The second-order valence-corrected chi connectivity index (χ2v) is 12.6. The molecule has 38 heavy (non-hydrogen) atoms. The molecule has 0 saturated carbocycles. The zero-order valence-electron chi connectivity index (χ0n) is 22.3. The third-order valence-electron chi connectivity index (χ3n) is 8.67. The highest BCUT2D eigenvalue weighted by Crippen LogP contribution is 2.68. The van der Waals surface area contributed by atoms with Crippen molar-refractivity contribution < 1.29 is 19.5 Å². The van der Waals surface area contributed by atoms with Gasteiger partial charge in [-0.1, -0.05) is 57.0 Å². The van der Waals surface area contributed by atoms with E-state index in [4.69, 9.17) is 5.11 Å². The number of likely N-dealkylation sites (tertiary alicyclic amines) is 1. The molecule has 3 aliphatic rings. The van der Waals surface area contributed by atoms with Gasteiger partial charge in [0, 0.05) is 30.6 Å². The van der Waals surface area contributed by atoms with Crippen molar-refractivity contribution in [1.29, 1.82) is 0 Å². The summed E-state index contributed by atoms with van der Waals surface area (Å²) in [4.78, 5) is 43.3. The molecule has 3 fully saturated rings. The van der Waals surface area contributed by atoms with E-state index in [0.717, 1.165) is 49.3 Å². The summed E-state index contributed by atoms with van der Waals surface area (Å²) >= 11 is 1.71. The van der Waals surface area contributed by atoms with Crippen molar-refractivity contribution >= 4 is 45.9 Å². The first-order chi connectivity index (χ1) is 18.4. The molecule has 5 rings (SSSR count). The number of carbonyl (C=O) groups excluding carboxylic acids is 3. The van der Waals surface area contributed by atoms with Crippen LogP contribution in [-0.2, 0) is 14.4 Å². The van der Waals surface area contributed by atoms with Crippen LogP contribution in [0.2, 0.25) is 0 Å². The van der Waals surface area contributed by atoms with Crippen LogP contribution in [0.1, 0.15) is 52.4 Å². The Labute approximate surface area is 229 Å². The number of fused-ring (bicyclic) bond motifs is 2. The van der Waals surface area contributed by atoms with Crippen LogP contribution in [0.25, 0.3) is 10.8 Å². The third-order valence-corrected chi connectivity index (χ3v) is 10.7. The van der Waals surface area contributed by atoms with Crippen molar-refractivity contribution in [1.82, 2.24) is 10.2 Å². The standard InChI is InChI=1S/C30H39N3O4S/c1-3-14-31-27(35)24-23-17-19(2)30(38-23)25(24)29(37)33(15-8-4-5-9-16-34)26(30)28(36)32-22-13-12-20-10-6-7-11-21(20)18-22/h6-7,10-13,18-19,23-26,34H,3-5,8-9,14-17H2,1-2H3,(H,31,35)(H,32,36)/t19?,23-,24+,25-,26?,30?/m0/s1. The lowest BCUT2D eigenvalue weighted by molar-refractivity contribution is -0.139. The van der Waals surface area contributed by atoms with Gasteiger partial charge < -0.3 is 20.6 Å². The lowest BCUT2D eigenvalue weighted by Gasteiger charge is -2.38. The molecule has 0 radical (unpaired) electrons. The smallest absolute Gasteiger partial charge is 0.248 e. The molecule has 2 aromatic rings. The monoisotopic (exact) mass is 537 g/mol. The van der Waals surface area contributed by atoms with E-state index in [0.29, 0.717) is 18.8 Å². The number of amides is 3. The second kappa shape index (κ2) is 11.3. The molecular weight excluding hydrogens is 498 g/mol. The first kappa shape index (κ1) is 27.0. The molecular formula is C30H39N3O4S. The topological polar surface area (TPSA) is 98.7 Å². The number of anilines is 1. The van der Waals surface area contributed by atoms with Crippen molar-refractivity contribution in [3.05, 3.63) is 42.5 Å². The zero-order valence-corrected chi connectivity index (χ0v) is 23.1. The Morgan fingerprint density at radius 3 is 2.61 bits per heavy atom. The van der Waals surface area contributed by atoms with E-state index in [1.54, 1.807) is 16.7 Å². The van der Waals surface area contributed by atoms with Crippen molar-refractivity contribution in [3.63, 3.8) is 0 Å². The molecule has 2 bridgehead atoms. The van der Waals surface area contributed by atoms with E-state index in [1.165, 1.54) is 0 Å². The maximum absolute atomic E-state index is 14.1. The summed E-state index contributed by atoms with van der Waals surface area (Å²) in [6, 6.07) is 13.3. The first-order valence-corrected chi connectivity index (χ1v) is 15.0. The van der Waals surface area contributed by atoms with Crippen LogP contribution in [0.5, 0.6) is 0 Å². The minimum atomic E-state index is -0.627. The van der Waals surface area contributed by atoms with Crippen LogP contribution in [0.15, 0.2) is 42.5 Å². The van der Waals surface area contributed by atoms with Crippen molar-refractivity contribution in [2.45, 2.75) is 68.4 Å². The lowest BCUT2D eigenvalue weighted by Crippen LogP contribution is -2.55. The average Bonchev–Trinajstić information content (AvgIpc) is 3.50. The number of hydrogen-bond donors (Lipinski definition) is 3. The number of unbranched alkanes of at least 4 members (excludes halogenated alkanes) is 3. The molecule has 3 unspecified atom stereocenters. The highest BCUT2D eigenvalue weighted by molar-refractivity contribution is 8.02.